The molecule has 0 aliphatic rings. The summed E-state index contributed by atoms with van der Waals surface area (Å²) in [6, 6.07) is 5.77. The second kappa shape index (κ2) is 4.07. The van der Waals surface area contributed by atoms with E-state index in [1.165, 1.54) is 16.2 Å². The van der Waals surface area contributed by atoms with Crippen molar-refractivity contribution in [3.05, 3.63) is 44.3 Å². The van der Waals surface area contributed by atoms with Crippen LogP contribution in [-0.2, 0) is 6.42 Å². The number of aryl methyl sites for hydroxylation is 1. The van der Waals surface area contributed by atoms with Gasteiger partial charge in [-0.05, 0) is 23.9 Å². The zero-order valence-corrected chi connectivity index (χ0v) is 9.45. The molecule has 0 aliphatic carbocycles. The van der Waals surface area contributed by atoms with Crippen molar-refractivity contribution < 1.29 is 4.79 Å². The normalized spacial score (nSPS) is 10.4. The van der Waals surface area contributed by atoms with Gasteiger partial charge in [0.25, 0.3) is 0 Å². The van der Waals surface area contributed by atoms with Crippen molar-refractivity contribution in [3.8, 4) is 0 Å². The minimum Gasteiger partial charge on any atom is -0.288 e. The molecule has 0 aliphatic heterocycles. The molecule has 14 heavy (non-hydrogen) atoms. The van der Waals surface area contributed by atoms with Gasteiger partial charge in [-0.1, -0.05) is 13.0 Å². The van der Waals surface area contributed by atoms with Gasteiger partial charge in [0.2, 0.25) is 5.78 Å². The molecule has 0 radical (unpaired) electrons. The fraction of sp³-hybridized carbons (Fsp3) is 0.182. The van der Waals surface area contributed by atoms with Crippen molar-refractivity contribution in [3.63, 3.8) is 0 Å². The smallest absolute Gasteiger partial charge is 0.203 e. The zero-order chi connectivity index (χ0) is 9.97. The van der Waals surface area contributed by atoms with E-state index >= 15 is 0 Å². The average Bonchev–Trinajstić information content (AvgIpc) is 2.88. The van der Waals surface area contributed by atoms with Gasteiger partial charge in [0.1, 0.15) is 0 Å². The highest BCUT2D eigenvalue weighted by Crippen LogP contribution is 2.20. The maximum Gasteiger partial charge on any atom is 0.203 e. The molecule has 0 atom stereocenters. The number of carbonyl (C=O) groups is 1. The Kier molecular flexibility index (Phi) is 2.79. The van der Waals surface area contributed by atoms with Crippen LogP contribution in [0.15, 0.2) is 29.0 Å². The number of rotatable bonds is 3. The quantitative estimate of drug-likeness (QED) is 0.725. The van der Waals surface area contributed by atoms with Gasteiger partial charge in [-0.3, -0.25) is 4.79 Å². The van der Waals surface area contributed by atoms with Gasteiger partial charge < -0.3 is 0 Å². The highest BCUT2D eigenvalue weighted by molar-refractivity contribution is 7.12. The predicted molar refractivity (Wildman–Crippen MR) is 61.4 cm³/mol. The van der Waals surface area contributed by atoms with Crippen molar-refractivity contribution in [1.82, 2.24) is 0 Å². The van der Waals surface area contributed by atoms with E-state index in [1.807, 2.05) is 29.0 Å². The van der Waals surface area contributed by atoms with Gasteiger partial charge in [-0.25, -0.2) is 0 Å². The number of carbonyl (C=O) groups excluding carboxylic acids is 1. The lowest BCUT2D eigenvalue weighted by Gasteiger charge is -1.91. The summed E-state index contributed by atoms with van der Waals surface area (Å²) in [5.74, 6) is 0.149. The van der Waals surface area contributed by atoms with Crippen LogP contribution >= 0.6 is 22.7 Å². The van der Waals surface area contributed by atoms with Gasteiger partial charge in [-0.15, -0.1) is 22.7 Å². The summed E-state index contributed by atoms with van der Waals surface area (Å²) < 4.78 is 0. The third kappa shape index (κ3) is 1.79. The molecule has 72 valence electrons. The maximum absolute atomic E-state index is 11.9. The second-order valence-corrected chi connectivity index (χ2v) is 4.91. The monoisotopic (exact) mass is 222 g/mol. The van der Waals surface area contributed by atoms with Crippen LogP contribution in [0.1, 0.15) is 27.0 Å². The third-order valence-electron chi connectivity index (χ3n) is 2.01. The average molecular weight is 222 g/mol. The van der Waals surface area contributed by atoms with E-state index in [4.69, 9.17) is 0 Å². The molecule has 0 saturated heterocycles. The highest BCUT2D eigenvalue weighted by Gasteiger charge is 2.11. The molecule has 2 aromatic heterocycles. The van der Waals surface area contributed by atoms with E-state index in [-0.39, 0.29) is 5.78 Å². The van der Waals surface area contributed by atoms with Gasteiger partial charge in [0.05, 0.1) is 4.88 Å². The van der Waals surface area contributed by atoms with Crippen molar-refractivity contribution >= 4 is 28.5 Å². The Morgan fingerprint density at radius 2 is 2.29 bits per heavy atom. The van der Waals surface area contributed by atoms with E-state index in [1.54, 1.807) is 11.3 Å². The summed E-state index contributed by atoms with van der Waals surface area (Å²) in [7, 11) is 0. The minimum absolute atomic E-state index is 0.149. The van der Waals surface area contributed by atoms with Crippen LogP contribution in [0.3, 0.4) is 0 Å². The van der Waals surface area contributed by atoms with Gasteiger partial charge >= 0.3 is 0 Å². The van der Waals surface area contributed by atoms with Crippen molar-refractivity contribution in [2.75, 3.05) is 0 Å². The summed E-state index contributed by atoms with van der Waals surface area (Å²) in [4.78, 5) is 13.9. The molecule has 0 amide bonds. The predicted octanol–water partition coefficient (Wildman–Crippen LogP) is 3.60. The molecule has 3 heteroatoms. The number of hydrogen-bond acceptors (Lipinski definition) is 3. The lowest BCUT2D eigenvalue weighted by Crippen LogP contribution is -1.95. The molecule has 0 saturated carbocycles. The third-order valence-corrected chi connectivity index (χ3v) is 3.96. The molecule has 0 fully saturated rings. The van der Waals surface area contributed by atoms with Crippen molar-refractivity contribution in [2.45, 2.75) is 13.3 Å². The maximum atomic E-state index is 11.9. The van der Waals surface area contributed by atoms with Crippen LogP contribution in [0.5, 0.6) is 0 Å². The SMILES string of the molecule is CCc1cc(C(=O)c2cccs2)cs1. The lowest BCUT2D eigenvalue weighted by atomic mass is 10.2. The Morgan fingerprint density at radius 1 is 1.43 bits per heavy atom. The molecule has 2 heterocycles. The summed E-state index contributed by atoms with van der Waals surface area (Å²) in [6.45, 7) is 2.10. The molecule has 2 aromatic rings. The summed E-state index contributed by atoms with van der Waals surface area (Å²) in [5, 5.41) is 3.88. The van der Waals surface area contributed by atoms with Gasteiger partial charge in [-0.2, -0.15) is 0 Å². The first-order valence-corrected chi connectivity index (χ1v) is 6.23. The number of thiophene rings is 2. The van der Waals surface area contributed by atoms with Crippen LogP contribution in [0.2, 0.25) is 0 Å². The van der Waals surface area contributed by atoms with Crippen molar-refractivity contribution in [1.29, 1.82) is 0 Å². The minimum atomic E-state index is 0.149. The molecule has 1 nitrogen and oxygen atoms in total. The van der Waals surface area contributed by atoms with Crippen LogP contribution in [-0.4, -0.2) is 5.78 Å². The molecule has 0 N–H and O–H groups in total. The lowest BCUT2D eigenvalue weighted by molar-refractivity contribution is 0.104. The van der Waals surface area contributed by atoms with Crippen LogP contribution in [0, 0.1) is 0 Å². The van der Waals surface area contributed by atoms with E-state index in [9.17, 15) is 4.79 Å². The molecular formula is C11H10OS2. The summed E-state index contributed by atoms with van der Waals surface area (Å²) in [5.41, 5.74) is 0.828. The molecular weight excluding hydrogens is 212 g/mol. The molecule has 0 aromatic carbocycles. The van der Waals surface area contributed by atoms with Crippen LogP contribution in [0.25, 0.3) is 0 Å². The van der Waals surface area contributed by atoms with Gasteiger partial charge in [0.15, 0.2) is 0 Å². The Balaban J connectivity index is 2.28. The van der Waals surface area contributed by atoms with E-state index in [0.717, 1.165) is 16.9 Å². The zero-order valence-electron chi connectivity index (χ0n) is 7.82. The topological polar surface area (TPSA) is 17.1 Å². The highest BCUT2D eigenvalue weighted by atomic mass is 32.1. The van der Waals surface area contributed by atoms with E-state index in [0.29, 0.717) is 0 Å². The van der Waals surface area contributed by atoms with Crippen LogP contribution < -0.4 is 0 Å². The molecule has 0 unspecified atom stereocenters. The fourth-order valence-electron chi connectivity index (χ4n) is 1.24. The van der Waals surface area contributed by atoms with E-state index < -0.39 is 0 Å². The van der Waals surface area contributed by atoms with Crippen molar-refractivity contribution in [2.24, 2.45) is 0 Å². The van der Waals surface area contributed by atoms with E-state index in [2.05, 4.69) is 6.92 Å². The largest absolute Gasteiger partial charge is 0.288 e. The first-order chi connectivity index (χ1) is 6.81. The Bertz CT molecular complexity index is 426. The number of ketones is 1. The summed E-state index contributed by atoms with van der Waals surface area (Å²) in [6.07, 6.45) is 1.00. The number of hydrogen-bond donors (Lipinski definition) is 0. The molecule has 0 spiro atoms. The first kappa shape index (κ1) is 9.62. The standard InChI is InChI=1S/C11H10OS2/c1-2-9-6-8(7-14-9)11(12)10-4-3-5-13-10/h3-7H,2H2,1H3. The Labute approximate surface area is 91.0 Å². The first-order valence-electron chi connectivity index (χ1n) is 4.47. The fourth-order valence-corrected chi connectivity index (χ4v) is 2.74. The Morgan fingerprint density at radius 3 is 2.86 bits per heavy atom. The second-order valence-electron chi connectivity index (χ2n) is 2.96. The Hall–Kier alpha value is -0.930. The summed E-state index contributed by atoms with van der Waals surface area (Å²) >= 11 is 3.16. The molecule has 0 bridgehead atoms. The van der Waals surface area contributed by atoms with Crippen LogP contribution in [0.4, 0.5) is 0 Å². The van der Waals surface area contributed by atoms with Gasteiger partial charge in [0, 0.05) is 15.8 Å². The molecule has 2 rings (SSSR count).